The quantitative estimate of drug-likeness (QED) is 0.855. The van der Waals surface area contributed by atoms with E-state index in [1.807, 2.05) is 0 Å². The van der Waals surface area contributed by atoms with Crippen molar-refractivity contribution in [1.29, 1.82) is 0 Å². The van der Waals surface area contributed by atoms with Crippen LogP contribution in [0.2, 0.25) is 4.34 Å². The summed E-state index contributed by atoms with van der Waals surface area (Å²) in [7, 11) is 0. The van der Waals surface area contributed by atoms with Gasteiger partial charge in [-0.05, 0) is 25.5 Å². The van der Waals surface area contributed by atoms with Crippen molar-refractivity contribution in [2.24, 2.45) is 0 Å². The number of carbonyl (C=O) groups is 2. The Kier molecular flexibility index (Phi) is 4.76. The molecule has 0 bridgehead atoms. The molecule has 1 heterocycles. The van der Waals surface area contributed by atoms with E-state index in [0.717, 1.165) is 0 Å². The van der Waals surface area contributed by atoms with Gasteiger partial charge in [-0.2, -0.15) is 0 Å². The minimum Gasteiger partial charge on any atom is -0.481 e. The van der Waals surface area contributed by atoms with E-state index in [-0.39, 0.29) is 18.4 Å². The highest BCUT2D eigenvalue weighted by Gasteiger charge is 2.12. The van der Waals surface area contributed by atoms with E-state index < -0.39 is 5.97 Å². The minimum absolute atomic E-state index is 0.0483. The number of nitrogens with one attached hydrogen (secondary N) is 1. The highest BCUT2D eigenvalue weighted by atomic mass is 35.5. The van der Waals surface area contributed by atoms with E-state index >= 15 is 0 Å². The molecule has 16 heavy (non-hydrogen) atoms. The first-order chi connectivity index (χ1) is 7.49. The second kappa shape index (κ2) is 5.86. The maximum Gasteiger partial charge on any atom is 0.303 e. The summed E-state index contributed by atoms with van der Waals surface area (Å²) in [5.41, 5.74) is 0. The Morgan fingerprint density at radius 2 is 2.25 bits per heavy atom. The van der Waals surface area contributed by atoms with Crippen LogP contribution in [0.25, 0.3) is 0 Å². The SMILES string of the molecule is C[C@@H](CCC(=O)O)NC(=O)c1ccc(Cl)s1. The molecule has 0 unspecified atom stereocenters. The molecule has 0 aliphatic rings. The number of carboxylic acid groups (broad SMARTS) is 1. The Morgan fingerprint density at radius 1 is 1.56 bits per heavy atom. The number of hydrogen-bond acceptors (Lipinski definition) is 3. The van der Waals surface area contributed by atoms with Crippen LogP contribution in [0.4, 0.5) is 0 Å². The molecular formula is C10H12ClNO3S. The average molecular weight is 262 g/mol. The van der Waals surface area contributed by atoms with Crippen molar-refractivity contribution in [3.05, 3.63) is 21.3 Å². The van der Waals surface area contributed by atoms with Crippen molar-refractivity contribution in [3.8, 4) is 0 Å². The molecule has 0 radical (unpaired) electrons. The van der Waals surface area contributed by atoms with Crippen LogP contribution in [0.5, 0.6) is 0 Å². The Hall–Kier alpha value is -1.07. The minimum atomic E-state index is -0.861. The largest absolute Gasteiger partial charge is 0.481 e. The number of thiophene rings is 1. The molecule has 0 aliphatic heterocycles. The van der Waals surface area contributed by atoms with E-state index in [0.29, 0.717) is 15.6 Å². The lowest BCUT2D eigenvalue weighted by molar-refractivity contribution is -0.137. The number of carboxylic acids is 1. The molecule has 1 atom stereocenters. The van der Waals surface area contributed by atoms with Gasteiger partial charge in [0, 0.05) is 12.5 Å². The summed E-state index contributed by atoms with van der Waals surface area (Å²) in [5, 5.41) is 11.2. The zero-order chi connectivity index (χ0) is 12.1. The lowest BCUT2D eigenvalue weighted by Crippen LogP contribution is -2.32. The number of rotatable bonds is 5. The van der Waals surface area contributed by atoms with Gasteiger partial charge < -0.3 is 10.4 Å². The zero-order valence-electron chi connectivity index (χ0n) is 8.70. The summed E-state index contributed by atoms with van der Waals surface area (Å²) in [6.07, 6.45) is 0.465. The van der Waals surface area contributed by atoms with Crippen molar-refractivity contribution < 1.29 is 14.7 Å². The Morgan fingerprint density at radius 3 is 2.75 bits per heavy atom. The third-order valence-corrected chi connectivity index (χ3v) is 3.20. The van der Waals surface area contributed by atoms with Gasteiger partial charge in [-0.1, -0.05) is 11.6 Å². The first-order valence-corrected chi connectivity index (χ1v) is 5.96. The standard InChI is InChI=1S/C10H12ClNO3S/c1-6(2-5-9(13)14)12-10(15)7-3-4-8(11)16-7/h3-4,6H,2,5H2,1H3,(H,12,15)(H,13,14)/t6-/m0/s1. The van der Waals surface area contributed by atoms with E-state index in [1.165, 1.54) is 11.3 Å². The maximum absolute atomic E-state index is 11.6. The maximum atomic E-state index is 11.6. The molecular weight excluding hydrogens is 250 g/mol. The number of halogens is 1. The number of hydrogen-bond donors (Lipinski definition) is 2. The van der Waals surface area contributed by atoms with Crippen LogP contribution in [0.3, 0.4) is 0 Å². The van der Waals surface area contributed by atoms with Crippen LogP contribution in [0.1, 0.15) is 29.4 Å². The monoisotopic (exact) mass is 261 g/mol. The molecule has 0 aliphatic carbocycles. The molecule has 1 amide bonds. The van der Waals surface area contributed by atoms with Gasteiger partial charge in [0.05, 0.1) is 9.21 Å². The third kappa shape index (κ3) is 4.20. The summed E-state index contributed by atoms with van der Waals surface area (Å²) in [5.74, 6) is -1.07. The molecule has 4 nitrogen and oxygen atoms in total. The molecule has 2 N–H and O–H groups in total. The fraction of sp³-hybridized carbons (Fsp3) is 0.400. The van der Waals surface area contributed by atoms with Crippen molar-refractivity contribution in [2.75, 3.05) is 0 Å². The first-order valence-electron chi connectivity index (χ1n) is 4.77. The average Bonchev–Trinajstić information content (AvgIpc) is 2.62. The highest BCUT2D eigenvalue weighted by Crippen LogP contribution is 2.21. The van der Waals surface area contributed by atoms with Crippen LogP contribution in [-0.2, 0) is 4.79 Å². The molecule has 0 spiro atoms. The predicted molar refractivity (Wildman–Crippen MR) is 63.1 cm³/mol. The van der Waals surface area contributed by atoms with Gasteiger partial charge in [0.1, 0.15) is 0 Å². The molecule has 6 heteroatoms. The lowest BCUT2D eigenvalue weighted by Gasteiger charge is -2.11. The summed E-state index contributed by atoms with van der Waals surface area (Å²) in [4.78, 5) is 22.5. The predicted octanol–water partition coefficient (Wildman–Crippen LogP) is 2.38. The Labute approximate surface area is 102 Å². The molecule has 1 aromatic rings. The van der Waals surface area contributed by atoms with Gasteiger partial charge in [0.25, 0.3) is 5.91 Å². The Balaban J connectivity index is 2.42. The van der Waals surface area contributed by atoms with Crippen LogP contribution in [-0.4, -0.2) is 23.0 Å². The molecule has 0 saturated carbocycles. The molecule has 0 fully saturated rings. The van der Waals surface area contributed by atoms with Gasteiger partial charge in [-0.15, -0.1) is 11.3 Å². The number of carbonyl (C=O) groups excluding carboxylic acids is 1. The van der Waals surface area contributed by atoms with Crippen molar-refractivity contribution in [3.63, 3.8) is 0 Å². The summed E-state index contributed by atoms with van der Waals surface area (Å²) >= 11 is 6.90. The molecule has 88 valence electrons. The van der Waals surface area contributed by atoms with Crippen LogP contribution < -0.4 is 5.32 Å². The van der Waals surface area contributed by atoms with Gasteiger partial charge in [-0.3, -0.25) is 9.59 Å². The van der Waals surface area contributed by atoms with E-state index in [2.05, 4.69) is 5.32 Å². The zero-order valence-corrected chi connectivity index (χ0v) is 10.3. The smallest absolute Gasteiger partial charge is 0.303 e. The molecule has 1 aromatic heterocycles. The van der Waals surface area contributed by atoms with Crippen LogP contribution in [0, 0.1) is 0 Å². The van der Waals surface area contributed by atoms with Gasteiger partial charge in [0.15, 0.2) is 0 Å². The summed E-state index contributed by atoms with van der Waals surface area (Å²) in [6.45, 7) is 1.77. The molecule has 0 aromatic carbocycles. The Bertz CT molecular complexity index is 391. The summed E-state index contributed by atoms with van der Waals surface area (Å²) in [6, 6.07) is 3.14. The van der Waals surface area contributed by atoms with Crippen LogP contribution >= 0.6 is 22.9 Å². The second-order valence-electron chi connectivity index (χ2n) is 3.41. The van der Waals surface area contributed by atoms with Crippen molar-refractivity contribution >= 4 is 34.8 Å². The van der Waals surface area contributed by atoms with E-state index in [1.54, 1.807) is 19.1 Å². The van der Waals surface area contributed by atoms with Gasteiger partial charge >= 0.3 is 5.97 Å². The van der Waals surface area contributed by atoms with Gasteiger partial charge in [0.2, 0.25) is 0 Å². The number of aliphatic carboxylic acids is 1. The van der Waals surface area contributed by atoms with E-state index in [4.69, 9.17) is 16.7 Å². The van der Waals surface area contributed by atoms with E-state index in [9.17, 15) is 9.59 Å². The fourth-order valence-corrected chi connectivity index (χ4v) is 2.09. The number of amides is 1. The first kappa shape index (κ1) is 13.0. The fourth-order valence-electron chi connectivity index (χ4n) is 1.14. The topological polar surface area (TPSA) is 66.4 Å². The second-order valence-corrected chi connectivity index (χ2v) is 5.13. The highest BCUT2D eigenvalue weighted by molar-refractivity contribution is 7.17. The lowest BCUT2D eigenvalue weighted by atomic mass is 10.2. The summed E-state index contributed by atoms with van der Waals surface area (Å²) < 4.78 is 0.559. The molecule has 1 rings (SSSR count). The van der Waals surface area contributed by atoms with Crippen molar-refractivity contribution in [1.82, 2.24) is 5.32 Å². The third-order valence-electron chi connectivity index (χ3n) is 1.97. The van der Waals surface area contributed by atoms with Crippen LogP contribution in [0.15, 0.2) is 12.1 Å². The van der Waals surface area contributed by atoms with Crippen molar-refractivity contribution in [2.45, 2.75) is 25.8 Å². The van der Waals surface area contributed by atoms with Gasteiger partial charge in [-0.25, -0.2) is 0 Å². The normalized spacial score (nSPS) is 12.1. The molecule has 0 saturated heterocycles.